The second-order valence-electron chi connectivity index (χ2n) is 6.99. The zero-order chi connectivity index (χ0) is 20.4. The monoisotopic (exact) mass is 394 g/mol. The van der Waals surface area contributed by atoms with Gasteiger partial charge in [0, 0.05) is 11.8 Å². The predicted octanol–water partition coefficient (Wildman–Crippen LogP) is 4.20. The van der Waals surface area contributed by atoms with Gasteiger partial charge in [-0.1, -0.05) is 11.2 Å². The molecule has 0 radical (unpaired) electrons. The highest BCUT2D eigenvalue weighted by Gasteiger charge is 2.21. The van der Waals surface area contributed by atoms with Crippen LogP contribution in [0, 0.1) is 20.8 Å². The van der Waals surface area contributed by atoms with E-state index in [0.717, 1.165) is 16.9 Å². The Labute approximate surface area is 168 Å². The molecule has 1 aromatic heterocycles. The molecule has 1 amide bonds. The Balaban J connectivity index is 1.49. The van der Waals surface area contributed by atoms with Crippen molar-refractivity contribution in [2.45, 2.75) is 27.4 Å². The second-order valence-corrected chi connectivity index (χ2v) is 6.99. The number of ether oxygens (including phenoxy) is 3. The van der Waals surface area contributed by atoms with E-state index in [4.69, 9.17) is 18.7 Å². The van der Waals surface area contributed by atoms with E-state index in [1.807, 2.05) is 26.0 Å². The molecule has 4 rings (SSSR count). The third kappa shape index (κ3) is 4.18. The summed E-state index contributed by atoms with van der Waals surface area (Å²) in [5, 5.41) is 6.75. The predicted molar refractivity (Wildman–Crippen MR) is 107 cm³/mol. The number of hydrogen-bond acceptors (Lipinski definition) is 6. The molecular weight excluding hydrogens is 372 g/mol. The summed E-state index contributed by atoms with van der Waals surface area (Å²) < 4.78 is 22.2. The molecule has 2 aromatic carbocycles. The Morgan fingerprint density at radius 3 is 2.52 bits per heavy atom. The van der Waals surface area contributed by atoms with Crippen molar-refractivity contribution in [3.8, 4) is 17.2 Å². The summed E-state index contributed by atoms with van der Waals surface area (Å²) in [4.78, 5) is 12.8. The van der Waals surface area contributed by atoms with Gasteiger partial charge >= 0.3 is 0 Å². The Morgan fingerprint density at radius 1 is 1.03 bits per heavy atom. The number of hydrogen-bond donors (Lipinski definition) is 1. The molecule has 1 aliphatic rings. The number of anilines is 1. The van der Waals surface area contributed by atoms with Gasteiger partial charge in [0.25, 0.3) is 5.91 Å². The fraction of sp³-hybridized carbons (Fsp3) is 0.273. The first-order valence-electron chi connectivity index (χ1n) is 9.37. The molecule has 0 bridgehead atoms. The first-order valence-corrected chi connectivity index (χ1v) is 9.37. The molecule has 7 nitrogen and oxygen atoms in total. The zero-order valence-corrected chi connectivity index (χ0v) is 16.6. The Hall–Kier alpha value is -3.48. The summed E-state index contributed by atoms with van der Waals surface area (Å²) >= 11 is 0. The van der Waals surface area contributed by atoms with Crippen molar-refractivity contribution in [3.63, 3.8) is 0 Å². The molecule has 150 valence electrons. The second kappa shape index (κ2) is 7.87. The maximum absolute atomic E-state index is 12.8. The third-order valence-corrected chi connectivity index (χ3v) is 4.58. The van der Waals surface area contributed by atoms with Crippen LogP contribution in [0.1, 0.15) is 32.9 Å². The number of rotatable bonds is 5. The number of nitrogens with one attached hydrogen (secondary N) is 1. The molecule has 7 heteroatoms. The Kier molecular flexibility index (Phi) is 5.12. The summed E-state index contributed by atoms with van der Waals surface area (Å²) in [6.45, 7) is 6.96. The van der Waals surface area contributed by atoms with Gasteiger partial charge in [0.15, 0.2) is 17.2 Å². The first kappa shape index (κ1) is 18.9. The van der Waals surface area contributed by atoms with Crippen LogP contribution in [0.5, 0.6) is 17.2 Å². The maximum Gasteiger partial charge on any atom is 0.278 e. The minimum Gasteiger partial charge on any atom is -0.489 e. The lowest BCUT2D eigenvalue weighted by Gasteiger charge is -2.18. The van der Waals surface area contributed by atoms with Gasteiger partial charge in [0.05, 0.1) is 5.56 Å². The molecule has 2 heterocycles. The van der Waals surface area contributed by atoms with E-state index in [1.54, 1.807) is 25.1 Å². The number of amides is 1. The van der Waals surface area contributed by atoms with E-state index in [2.05, 4.69) is 16.5 Å². The Morgan fingerprint density at radius 2 is 1.76 bits per heavy atom. The average Bonchev–Trinajstić information content (AvgIpc) is 3.06. The van der Waals surface area contributed by atoms with Crippen LogP contribution in [-0.2, 0) is 6.61 Å². The molecule has 1 aliphatic heterocycles. The lowest BCUT2D eigenvalue weighted by Crippen LogP contribution is -2.17. The zero-order valence-electron chi connectivity index (χ0n) is 16.6. The summed E-state index contributed by atoms with van der Waals surface area (Å²) in [7, 11) is 0. The third-order valence-electron chi connectivity index (χ3n) is 4.58. The number of fused-ring (bicyclic) bond motifs is 1. The van der Waals surface area contributed by atoms with Crippen molar-refractivity contribution in [3.05, 3.63) is 64.5 Å². The van der Waals surface area contributed by atoms with E-state index in [-0.39, 0.29) is 18.2 Å². The highest BCUT2D eigenvalue weighted by molar-refractivity contribution is 6.04. The highest BCUT2D eigenvalue weighted by Crippen LogP contribution is 2.33. The van der Waals surface area contributed by atoms with E-state index in [9.17, 15) is 4.79 Å². The molecule has 0 unspecified atom stereocenters. The van der Waals surface area contributed by atoms with Crippen LogP contribution in [0.25, 0.3) is 0 Å². The normalized spacial score (nSPS) is 12.5. The molecule has 0 fully saturated rings. The lowest BCUT2D eigenvalue weighted by molar-refractivity contribution is 0.101. The smallest absolute Gasteiger partial charge is 0.278 e. The molecule has 0 spiro atoms. The van der Waals surface area contributed by atoms with Crippen LogP contribution in [0.2, 0.25) is 0 Å². The fourth-order valence-electron chi connectivity index (χ4n) is 3.22. The minimum absolute atomic E-state index is 0.183. The van der Waals surface area contributed by atoms with Crippen LogP contribution in [0.4, 0.5) is 5.69 Å². The van der Waals surface area contributed by atoms with E-state index in [0.29, 0.717) is 41.7 Å². The lowest BCUT2D eigenvalue weighted by atomic mass is 10.1. The molecule has 1 N–H and O–H groups in total. The topological polar surface area (TPSA) is 82.8 Å². The van der Waals surface area contributed by atoms with Crippen LogP contribution >= 0.6 is 0 Å². The number of aryl methyl sites for hydroxylation is 3. The fourth-order valence-corrected chi connectivity index (χ4v) is 3.22. The minimum atomic E-state index is -0.377. The largest absolute Gasteiger partial charge is 0.489 e. The molecule has 29 heavy (non-hydrogen) atoms. The Bertz CT molecular complexity index is 1040. The SMILES string of the molecule is Cc1cc(C)cc(OCc2c(C(=O)Nc3ccc4c(c3)OCCO4)noc2C)c1. The van der Waals surface area contributed by atoms with Gasteiger partial charge < -0.3 is 24.1 Å². The highest BCUT2D eigenvalue weighted by atomic mass is 16.6. The number of carbonyl (C=O) groups excluding carboxylic acids is 1. The number of aromatic nitrogens is 1. The van der Waals surface area contributed by atoms with Gasteiger partial charge in [0.2, 0.25) is 0 Å². The van der Waals surface area contributed by atoms with Crippen molar-refractivity contribution >= 4 is 11.6 Å². The van der Waals surface area contributed by atoms with E-state index in [1.165, 1.54) is 0 Å². The maximum atomic E-state index is 12.8. The van der Waals surface area contributed by atoms with Gasteiger partial charge in [-0.2, -0.15) is 0 Å². The van der Waals surface area contributed by atoms with Crippen molar-refractivity contribution in [1.29, 1.82) is 0 Å². The van der Waals surface area contributed by atoms with Crippen LogP contribution in [0.15, 0.2) is 40.9 Å². The van der Waals surface area contributed by atoms with Gasteiger partial charge in [-0.3, -0.25) is 4.79 Å². The molecule has 0 saturated carbocycles. The van der Waals surface area contributed by atoms with Gasteiger partial charge in [0.1, 0.15) is 31.3 Å². The van der Waals surface area contributed by atoms with Crippen molar-refractivity contribution in [2.75, 3.05) is 18.5 Å². The summed E-state index contributed by atoms with van der Waals surface area (Å²) in [6.07, 6.45) is 0. The summed E-state index contributed by atoms with van der Waals surface area (Å²) in [5.41, 5.74) is 3.61. The first-order chi connectivity index (χ1) is 14.0. The van der Waals surface area contributed by atoms with Crippen molar-refractivity contribution < 1.29 is 23.5 Å². The number of benzene rings is 2. The summed E-state index contributed by atoms with van der Waals surface area (Å²) in [5.74, 6) is 2.17. The van der Waals surface area contributed by atoms with Gasteiger partial charge in [-0.05, 0) is 56.2 Å². The van der Waals surface area contributed by atoms with E-state index < -0.39 is 0 Å². The van der Waals surface area contributed by atoms with Gasteiger partial charge in [-0.25, -0.2) is 0 Å². The van der Waals surface area contributed by atoms with Crippen molar-refractivity contribution in [2.24, 2.45) is 0 Å². The molecule has 3 aromatic rings. The molecule has 0 atom stereocenters. The standard InChI is InChI=1S/C22H22N2O5/c1-13-8-14(2)10-17(9-13)28-12-18-15(3)29-24-21(18)22(25)23-16-4-5-19-20(11-16)27-7-6-26-19/h4-5,8-11H,6-7,12H2,1-3H3,(H,23,25). The quantitative estimate of drug-likeness (QED) is 0.698. The van der Waals surface area contributed by atoms with Crippen LogP contribution < -0.4 is 19.5 Å². The van der Waals surface area contributed by atoms with E-state index >= 15 is 0 Å². The molecule has 0 saturated heterocycles. The van der Waals surface area contributed by atoms with Gasteiger partial charge in [-0.15, -0.1) is 0 Å². The molecule has 0 aliphatic carbocycles. The number of nitrogens with zero attached hydrogens (tertiary/aromatic N) is 1. The summed E-state index contributed by atoms with van der Waals surface area (Å²) in [6, 6.07) is 11.2. The molecular formula is C22H22N2O5. The average molecular weight is 394 g/mol. The van der Waals surface area contributed by atoms with Crippen molar-refractivity contribution in [1.82, 2.24) is 5.16 Å². The number of carbonyl (C=O) groups is 1. The van der Waals surface area contributed by atoms with Crippen LogP contribution in [-0.4, -0.2) is 24.3 Å². The van der Waals surface area contributed by atoms with Crippen LogP contribution in [0.3, 0.4) is 0 Å².